The van der Waals surface area contributed by atoms with Crippen LogP contribution in [0.25, 0.3) is 0 Å². The molecule has 3 aromatic rings. The Kier molecular flexibility index (Phi) is 6.06. The second-order valence-electron chi connectivity index (χ2n) is 6.29. The first-order valence-electron chi connectivity index (χ1n) is 8.84. The zero-order valence-corrected chi connectivity index (χ0v) is 16.0. The lowest BCUT2D eigenvalue weighted by atomic mass is 10.2. The average molecular weight is 378 g/mol. The van der Waals surface area contributed by atoms with E-state index in [2.05, 4.69) is 20.6 Å². The quantitative estimate of drug-likeness (QED) is 0.639. The van der Waals surface area contributed by atoms with Crippen LogP contribution in [0.4, 0.5) is 17.2 Å². The van der Waals surface area contributed by atoms with Crippen LogP contribution in [0.15, 0.2) is 60.9 Å². The highest BCUT2D eigenvalue weighted by molar-refractivity contribution is 6.03. The van der Waals surface area contributed by atoms with Gasteiger partial charge in [0.1, 0.15) is 29.3 Å². The van der Waals surface area contributed by atoms with Gasteiger partial charge in [0.25, 0.3) is 5.91 Å². The fourth-order valence-electron chi connectivity index (χ4n) is 2.46. The Labute approximate surface area is 163 Å². The highest BCUT2D eigenvalue weighted by Crippen LogP contribution is 2.20. The molecular formula is C21H22N4O3. The molecule has 1 aromatic heterocycles. The maximum Gasteiger partial charge on any atom is 0.274 e. The third-order valence-electron chi connectivity index (χ3n) is 3.75. The van der Waals surface area contributed by atoms with E-state index in [0.717, 1.165) is 17.2 Å². The summed E-state index contributed by atoms with van der Waals surface area (Å²) in [5, 5.41) is 5.95. The first kappa shape index (κ1) is 19.2. The molecule has 0 fully saturated rings. The number of benzene rings is 2. The van der Waals surface area contributed by atoms with Gasteiger partial charge in [0.2, 0.25) is 0 Å². The van der Waals surface area contributed by atoms with Gasteiger partial charge in [-0.25, -0.2) is 9.97 Å². The molecule has 0 saturated carbocycles. The van der Waals surface area contributed by atoms with Crippen LogP contribution in [0, 0.1) is 0 Å². The highest BCUT2D eigenvalue weighted by atomic mass is 16.5. The zero-order valence-electron chi connectivity index (χ0n) is 16.0. The summed E-state index contributed by atoms with van der Waals surface area (Å²) in [6, 6.07) is 16.2. The van der Waals surface area contributed by atoms with Gasteiger partial charge in [-0.2, -0.15) is 0 Å². The van der Waals surface area contributed by atoms with Crippen molar-refractivity contribution in [3.63, 3.8) is 0 Å². The average Bonchev–Trinajstić information content (AvgIpc) is 2.70. The van der Waals surface area contributed by atoms with Crippen LogP contribution in [-0.4, -0.2) is 29.1 Å². The number of ether oxygens (including phenoxy) is 2. The second-order valence-corrected chi connectivity index (χ2v) is 6.29. The third-order valence-corrected chi connectivity index (χ3v) is 3.75. The number of amides is 1. The van der Waals surface area contributed by atoms with Gasteiger partial charge in [0.05, 0.1) is 13.2 Å². The zero-order chi connectivity index (χ0) is 19.9. The molecule has 28 heavy (non-hydrogen) atoms. The van der Waals surface area contributed by atoms with Gasteiger partial charge in [0.15, 0.2) is 0 Å². The van der Waals surface area contributed by atoms with Gasteiger partial charge in [-0.15, -0.1) is 0 Å². The van der Waals surface area contributed by atoms with Crippen LogP contribution in [0.2, 0.25) is 0 Å². The lowest BCUT2D eigenvalue weighted by Crippen LogP contribution is -2.14. The predicted molar refractivity (Wildman–Crippen MR) is 108 cm³/mol. The standard InChI is InChI=1S/C21H22N4O3/c1-14(2)28-18-10-6-15(7-11-18)24-20-12-19(22-13-23-20)21(26)25-16-4-8-17(27-3)9-5-16/h4-14H,1-3H3,(H,25,26)(H,22,23,24). The van der Waals surface area contributed by atoms with Crippen molar-refractivity contribution in [1.29, 1.82) is 0 Å². The molecule has 1 heterocycles. The topological polar surface area (TPSA) is 85.4 Å². The normalized spacial score (nSPS) is 10.4. The van der Waals surface area contributed by atoms with E-state index < -0.39 is 0 Å². The molecule has 0 aliphatic rings. The molecule has 1 amide bonds. The maximum absolute atomic E-state index is 12.4. The molecule has 7 nitrogen and oxygen atoms in total. The summed E-state index contributed by atoms with van der Waals surface area (Å²) in [5.74, 6) is 1.71. The fourth-order valence-corrected chi connectivity index (χ4v) is 2.46. The second kappa shape index (κ2) is 8.85. The van der Waals surface area contributed by atoms with Gasteiger partial charge < -0.3 is 20.1 Å². The van der Waals surface area contributed by atoms with Crippen LogP contribution in [0.3, 0.4) is 0 Å². The number of rotatable bonds is 7. The van der Waals surface area contributed by atoms with Crippen molar-refractivity contribution < 1.29 is 14.3 Å². The van der Waals surface area contributed by atoms with Crippen molar-refractivity contribution >= 4 is 23.1 Å². The Morgan fingerprint density at radius 2 is 1.57 bits per heavy atom. The van der Waals surface area contributed by atoms with Crippen LogP contribution < -0.4 is 20.1 Å². The minimum absolute atomic E-state index is 0.118. The van der Waals surface area contributed by atoms with Crippen molar-refractivity contribution in [1.82, 2.24) is 9.97 Å². The van der Waals surface area contributed by atoms with E-state index in [4.69, 9.17) is 9.47 Å². The molecule has 0 radical (unpaired) electrons. The van der Waals surface area contributed by atoms with E-state index in [1.165, 1.54) is 6.33 Å². The van der Waals surface area contributed by atoms with Crippen molar-refractivity contribution in [2.75, 3.05) is 17.7 Å². The van der Waals surface area contributed by atoms with Crippen LogP contribution in [-0.2, 0) is 0 Å². The molecule has 2 aromatic carbocycles. The molecule has 0 bridgehead atoms. The summed E-state index contributed by atoms with van der Waals surface area (Å²) in [5.41, 5.74) is 1.74. The number of anilines is 3. The van der Waals surface area contributed by atoms with Crippen LogP contribution in [0.5, 0.6) is 11.5 Å². The molecule has 0 aliphatic heterocycles. The smallest absolute Gasteiger partial charge is 0.274 e. The molecule has 144 valence electrons. The Bertz CT molecular complexity index is 925. The molecule has 0 spiro atoms. The Balaban J connectivity index is 1.66. The van der Waals surface area contributed by atoms with Crippen molar-refractivity contribution in [2.45, 2.75) is 20.0 Å². The fraction of sp³-hybridized carbons (Fsp3) is 0.190. The molecule has 0 saturated heterocycles. The van der Waals surface area contributed by atoms with E-state index in [1.807, 2.05) is 38.1 Å². The number of hydrogen-bond acceptors (Lipinski definition) is 6. The molecular weight excluding hydrogens is 356 g/mol. The summed E-state index contributed by atoms with van der Waals surface area (Å²) in [6.45, 7) is 3.96. The summed E-state index contributed by atoms with van der Waals surface area (Å²) in [7, 11) is 1.59. The van der Waals surface area contributed by atoms with E-state index in [-0.39, 0.29) is 17.7 Å². The largest absolute Gasteiger partial charge is 0.497 e. The molecule has 3 rings (SSSR count). The van der Waals surface area contributed by atoms with E-state index in [1.54, 1.807) is 37.4 Å². The van der Waals surface area contributed by atoms with Gasteiger partial charge in [-0.1, -0.05) is 0 Å². The minimum Gasteiger partial charge on any atom is -0.497 e. The lowest BCUT2D eigenvalue weighted by molar-refractivity contribution is 0.102. The molecule has 0 aliphatic carbocycles. The number of hydrogen-bond donors (Lipinski definition) is 2. The number of aromatic nitrogens is 2. The molecule has 0 unspecified atom stereocenters. The highest BCUT2D eigenvalue weighted by Gasteiger charge is 2.10. The summed E-state index contributed by atoms with van der Waals surface area (Å²) in [6.07, 6.45) is 1.47. The lowest BCUT2D eigenvalue weighted by Gasteiger charge is -2.11. The van der Waals surface area contributed by atoms with Gasteiger partial charge in [0, 0.05) is 17.4 Å². The number of nitrogens with zero attached hydrogens (tertiary/aromatic N) is 2. The first-order valence-corrected chi connectivity index (χ1v) is 8.84. The summed E-state index contributed by atoms with van der Waals surface area (Å²) >= 11 is 0. The van der Waals surface area contributed by atoms with E-state index in [9.17, 15) is 4.79 Å². The molecule has 2 N–H and O–H groups in total. The van der Waals surface area contributed by atoms with Crippen molar-refractivity contribution in [3.8, 4) is 11.5 Å². The number of carbonyl (C=O) groups is 1. The van der Waals surface area contributed by atoms with Gasteiger partial charge in [-0.3, -0.25) is 4.79 Å². The van der Waals surface area contributed by atoms with Crippen molar-refractivity contribution in [2.24, 2.45) is 0 Å². The van der Waals surface area contributed by atoms with Crippen LogP contribution >= 0.6 is 0 Å². The van der Waals surface area contributed by atoms with Crippen LogP contribution in [0.1, 0.15) is 24.3 Å². The monoisotopic (exact) mass is 378 g/mol. The first-order chi connectivity index (χ1) is 13.5. The van der Waals surface area contributed by atoms with E-state index in [0.29, 0.717) is 11.5 Å². The molecule has 0 atom stereocenters. The van der Waals surface area contributed by atoms with Crippen molar-refractivity contribution in [3.05, 3.63) is 66.6 Å². The predicted octanol–water partition coefficient (Wildman–Crippen LogP) is 4.27. The van der Waals surface area contributed by atoms with E-state index >= 15 is 0 Å². The Hall–Kier alpha value is -3.61. The van der Waals surface area contributed by atoms with Gasteiger partial charge >= 0.3 is 0 Å². The Morgan fingerprint density at radius 1 is 0.929 bits per heavy atom. The summed E-state index contributed by atoms with van der Waals surface area (Å²) < 4.78 is 10.7. The molecule has 7 heteroatoms. The minimum atomic E-state index is -0.323. The SMILES string of the molecule is COc1ccc(NC(=O)c2cc(Nc3ccc(OC(C)C)cc3)ncn2)cc1. The maximum atomic E-state index is 12.4. The number of nitrogens with one attached hydrogen (secondary N) is 2. The summed E-state index contributed by atoms with van der Waals surface area (Å²) in [4.78, 5) is 20.7. The number of methoxy groups -OCH3 is 1. The van der Waals surface area contributed by atoms with Gasteiger partial charge in [-0.05, 0) is 62.4 Å². The number of carbonyl (C=O) groups excluding carboxylic acids is 1. The Morgan fingerprint density at radius 3 is 2.21 bits per heavy atom. The third kappa shape index (κ3) is 5.20.